The van der Waals surface area contributed by atoms with Crippen LogP contribution in [0.1, 0.15) is 19.3 Å². The number of carbonyl (C=O) groups excluding carboxylic acids is 2. The van der Waals surface area contributed by atoms with Crippen LogP contribution >= 0.6 is 0 Å². The van der Waals surface area contributed by atoms with Crippen LogP contribution in [0.3, 0.4) is 0 Å². The van der Waals surface area contributed by atoms with E-state index in [1.54, 1.807) is 7.05 Å². The van der Waals surface area contributed by atoms with Gasteiger partial charge in [-0.15, -0.1) is 0 Å². The Bertz CT molecular complexity index is 298. The first-order valence-electron chi connectivity index (χ1n) is 6.04. The van der Waals surface area contributed by atoms with Gasteiger partial charge in [0.15, 0.2) is 0 Å². The first-order chi connectivity index (χ1) is 8.15. The SMILES string of the molecule is CN(CC(=O)NC1CC1)C(=O)NC1CCOC1. The van der Waals surface area contributed by atoms with Crippen molar-refractivity contribution in [1.29, 1.82) is 0 Å². The van der Waals surface area contributed by atoms with E-state index in [0.29, 0.717) is 19.3 Å². The fourth-order valence-corrected chi connectivity index (χ4v) is 1.72. The van der Waals surface area contributed by atoms with Crippen molar-refractivity contribution in [3.05, 3.63) is 0 Å². The topological polar surface area (TPSA) is 70.7 Å². The summed E-state index contributed by atoms with van der Waals surface area (Å²) in [6, 6.07) is 0.199. The Kier molecular flexibility index (Phi) is 3.83. The standard InChI is InChI=1S/C11H19N3O3/c1-14(6-10(15)12-8-2-3-8)11(16)13-9-4-5-17-7-9/h8-9H,2-7H2,1H3,(H,12,15)(H,13,16). The fourth-order valence-electron chi connectivity index (χ4n) is 1.72. The summed E-state index contributed by atoms with van der Waals surface area (Å²) in [5.41, 5.74) is 0. The lowest BCUT2D eigenvalue weighted by atomic mass is 10.3. The molecule has 1 saturated carbocycles. The molecule has 1 unspecified atom stereocenters. The Morgan fingerprint density at radius 1 is 1.24 bits per heavy atom. The van der Waals surface area contributed by atoms with Gasteiger partial charge in [-0.1, -0.05) is 0 Å². The largest absolute Gasteiger partial charge is 0.379 e. The van der Waals surface area contributed by atoms with Crippen LogP contribution in [0.15, 0.2) is 0 Å². The van der Waals surface area contributed by atoms with Gasteiger partial charge in [-0.3, -0.25) is 4.79 Å². The van der Waals surface area contributed by atoms with Crippen molar-refractivity contribution in [2.45, 2.75) is 31.3 Å². The number of likely N-dealkylation sites (N-methyl/N-ethyl adjacent to an activating group) is 1. The highest BCUT2D eigenvalue weighted by Crippen LogP contribution is 2.18. The zero-order chi connectivity index (χ0) is 12.3. The lowest BCUT2D eigenvalue weighted by Gasteiger charge is -2.19. The van der Waals surface area contributed by atoms with Crippen molar-refractivity contribution in [2.24, 2.45) is 0 Å². The predicted molar refractivity (Wildman–Crippen MR) is 61.6 cm³/mol. The fraction of sp³-hybridized carbons (Fsp3) is 0.818. The highest BCUT2D eigenvalue weighted by Gasteiger charge is 2.25. The maximum absolute atomic E-state index is 11.7. The summed E-state index contributed by atoms with van der Waals surface area (Å²) >= 11 is 0. The maximum atomic E-state index is 11.7. The Labute approximate surface area is 101 Å². The van der Waals surface area contributed by atoms with Crippen LogP contribution in [0, 0.1) is 0 Å². The van der Waals surface area contributed by atoms with Gasteiger partial charge in [0.05, 0.1) is 12.6 Å². The van der Waals surface area contributed by atoms with Crippen molar-refractivity contribution < 1.29 is 14.3 Å². The van der Waals surface area contributed by atoms with Crippen molar-refractivity contribution >= 4 is 11.9 Å². The molecule has 6 nitrogen and oxygen atoms in total. The van der Waals surface area contributed by atoms with Crippen LogP contribution in [-0.4, -0.2) is 55.7 Å². The van der Waals surface area contributed by atoms with Gasteiger partial charge < -0.3 is 20.3 Å². The molecule has 0 aromatic heterocycles. The van der Waals surface area contributed by atoms with Gasteiger partial charge in [-0.25, -0.2) is 4.79 Å². The number of nitrogens with one attached hydrogen (secondary N) is 2. The van der Waals surface area contributed by atoms with Crippen LogP contribution in [-0.2, 0) is 9.53 Å². The maximum Gasteiger partial charge on any atom is 0.317 e. The molecule has 96 valence electrons. The smallest absolute Gasteiger partial charge is 0.317 e. The summed E-state index contributed by atoms with van der Waals surface area (Å²) in [6.45, 7) is 1.36. The molecule has 2 N–H and O–H groups in total. The van der Waals surface area contributed by atoms with E-state index in [4.69, 9.17) is 4.74 Å². The third-order valence-electron chi connectivity index (χ3n) is 2.93. The van der Waals surface area contributed by atoms with Gasteiger partial charge in [0.25, 0.3) is 0 Å². The van der Waals surface area contributed by atoms with Crippen LogP contribution < -0.4 is 10.6 Å². The average Bonchev–Trinajstić information content (AvgIpc) is 2.93. The van der Waals surface area contributed by atoms with E-state index in [-0.39, 0.29) is 24.5 Å². The molecule has 1 aliphatic heterocycles. The molecule has 6 heteroatoms. The summed E-state index contributed by atoms with van der Waals surface area (Å²) in [7, 11) is 1.62. The molecular weight excluding hydrogens is 222 g/mol. The van der Waals surface area contributed by atoms with Crippen LogP contribution in [0.25, 0.3) is 0 Å². The Morgan fingerprint density at radius 3 is 2.59 bits per heavy atom. The van der Waals surface area contributed by atoms with Gasteiger partial charge in [-0.2, -0.15) is 0 Å². The lowest BCUT2D eigenvalue weighted by molar-refractivity contribution is -0.121. The minimum Gasteiger partial charge on any atom is -0.379 e. The van der Waals surface area contributed by atoms with E-state index in [1.165, 1.54) is 4.90 Å². The first-order valence-corrected chi connectivity index (χ1v) is 6.04. The van der Waals surface area contributed by atoms with Gasteiger partial charge in [0.2, 0.25) is 5.91 Å². The monoisotopic (exact) mass is 241 g/mol. The van der Waals surface area contributed by atoms with E-state index >= 15 is 0 Å². The van der Waals surface area contributed by atoms with Crippen molar-refractivity contribution in [3.8, 4) is 0 Å². The molecule has 1 heterocycles. The first kappa shape index (κ1) is 12.2. The van der Waals surface area contributed by atoms with E-state index in [2.05, 4.69) is 10.6 Å². The quantitative estimate of drug-likeness (QED) is 0.709. The Hall–Kier alpha value is -1.30. The number of hydrogen-bond acceptors (Lipinski definition) is 3. The van der Waals surface area contributed by atoms with E-state index in [1.807, 2.05) is 0 Å². The summed E-state index contributed by atoms with van der Waals surface area (Å²) < 4.78 is 5.17. The zero-order valence-corrected chi connectivity index (χ0v) is 10.1. The number of ether oxygens (including phenoxy) is 1. The molecular formula is C11H19N3O3. The van der Waals surface area contributed by atoms with E-state index < -0.39 is 0 Å². The Morgan fingerprint density at radius 2 is 2.00 bits per heavy atom. The number of amides is 3. The van der Waals surface area contributed by atoms with E-state index in [0.717, 1.165) is 19.3 Å². The summed E-state index contributed by atoms with van der Waals surface area (Å²) in [5.74, 6) is -0.0900. The summed E-state index contributed by atoms with van der Waals surface area (Å²) in [6.07, 6.45) is 2.95. The van der Waals surface area contributed by atoms with Gasteiger partial charge in [-0.05, 0) is 19.3 Å². The minimum absolute atomic E-state index is 0.0800. The molecule has 1 atom stereocenters. The van der Waals surface area contributed by atoms with Gasteiger partial charge in [0, 0.05) is 19.7 Å². The predicted octanol–water partition coefficient (Wildman–Crippen LogP) is -0.305. The zero-order valence-electron chi connectivity index (χ0n) is 10.1. The molecule has 0 bridgehead atoms. The average molecular weight is 241 g/mol. The second kappa shape index (κ2) is 5.35. The molecule has 0 aromatic rings. The minimum atomic E-state index is -0.216. The molecule has 2 aliphatic rings. The highest BCUT2D eigenvalue weighted by atomic mass is 16.5. The molecule has 0 spiro atoms. The van der Waals surface area contributed by atoms with Crippen LogP contribution in [0.5, 0.6) is 0 Å². The van der Waals surface area contributed by atoms with Crippen LogP contribution in [0.2, 0.25) is 0 Å². The normalized spacial score (nSPS) is 23.2. The summed E-state index contributed by atoms with van der Waals surface area (Å²) in [4.78, 5) is 24.6. The second-order valence-electron chi connectivity index (χ2n) is 4.71. The lowest BCUT2D eigenvalue weighted by Crippen LogP contribution is -2.47. The molecule has 0 aromatic carbocycles. The third kappa shape index (κ3) is 3.89. The molecule has 3 amide bonds. The number of hydrogen-bond donors (Lipinski definition) is 2. The number of urea groups is 1. The van der Waals surface area contributed by atoms with Gasteiger partial charge in [0.1, 0.15) is 6.54 Å². The van der Waals surface area contributed by atoms with Crippen LogP contribution in [0.4, 0.5) is 4.79 Å². The molecule has 1 aliphatic carbocycles. The van der Waals surface area contributed by atoms with Gasteiger partial charge >= 0.3 is 6.03 Å². The number of nitrogens with zero attached hydrogens (tertiary/aromatic N) is 1. The molecule has 1 saturated heterocycles. The second-order valence-corrected chi connectivity index (χ2v) is 4.71. The van der Waals surface area contributed by atoms with Crippen molar-refractivity contribution in [3.63, 3.8) is 0 Å². The summed E-state index contributed by atoms with van der Waals surface area (Å²) in [5, 5.41) is 5.68. The highest BCUT2D eigenvalue weighted by molar-refractivity contribution is 5.84. The van der Waals surface area contributed by atoms with E-state index in [9.17, 15) is 9.59 Å². The number of carbonyl (C=O) groups is 2. The van der Waals surface area contributed by atoms with Crippen molar-refractivity contribution in [2.75, 3.05) is 26.8 Å². The molecule has 0 radical (unpaired) electrons. The third-order valence-corrected chi connectivity index (χ3v) is 2.93. The van der Waals surface area contributed by atoms with Crippen molar-refractivity contribution in [1.82, 2.24) is 15.5 Å². The Balaban J connectivity index is 1.67. The molecule has 2 fully saturated rings. The number of rotatable bonds is 4. The molecule has 2 rings (SSSR count). The molecule has 17 heavy (non-hydrogen) atoms.